The highest BCUT2D eigenvalue weighted by atomic mass is 16.8. The van der Waals surface area contributed by atoms with Crippen molar-refractivity contribution >= 4 is 5.69 Å². The average molecular weight is 556 g/mol. The molecule has 1 aliphatic rings. The van der Waals surface area contributed by atoms with Gasteiger partial charge in [0.2, 0.25) is 0 Å². The van der Waals surface area contributed by atoms with Crippen molar-refractivity contribution in [3.63, 3.8) is 0 Å². The van der Waals surface area contributed by atoms with Crippen molar-refractivity contribution < 1.29 is 14.6 Å². The van der Waals surface area contributed by atoms with Crippen molar-refractivity contribution in [2.75, 3.05) is 12.4 Å². The lowest BCUT2D eigenvalue weighted by Crippen LogP contribution is -2.55. The van der Waals surface area contributed by atoms with Gasteiger partial charge in [0.1, 0.15) is 17.8 Å². The molecule has 0 spiro atoms. The van der Waals surface area contributed by atoms with Crippen LogP contribution >= 0.6 is 0 Å². The molecule has 2 atom stereocenters. The van der Waals surface area contributed by atoms with E-state index in [2.05, 4.69) is 78.1 Å². The predicted octanol–water partition coefficient (Wildman–Crippen LogP) is 7.52. The van der Waals surface area contributed by atoms with Gasteiger partial charge in [-0.1, -0.05) is 133 Å². The molecule has 2 N–H and O–H groups in total. The van der Waals surface area contributed by atoms with E-state index in [9.17, 15) is 5.11 Å². The fraction of sp³-hybridized carbons (Fsp3) is 0.211. The van der Waals surface area contributed by atoms with Crippen LogP contribution in [0.4, 0.5) is 5.69 Å². The fourth-order valence-electron chi connectivity index (χ4n) is 6.56. The van der Waals surface area contributed by atoms with Crippen LogP contribution in [0.5, 0.6) is 0 Å². The third kappa shape index (κ3) is 4.72. The first-order chi connectivity index (χ1) is 20.4. The number of hydrogen-bond acceptors (Lipinski definition) is 4. The highest BCUT2D eigenvalue weighted by Gasteiger charge is 2.61. The second kappa shape index (κ2) is 11.2. The van der Waals surface area contributed by atoms with Crippen LogP contribution in [0.1, 0.15) is 41.7 Å². The largest absolute Gasteiger partial charge is 0.388 e. The molecule has 0 amide bonds. The van der Waals surface area contributed by atoms with Gasteiger partial charge in [-0.05, 0) is 53.8 Å². The fourth-order valence-corrected chi connectivity index (χ4v) is 6.56. The summed E-state index contributed by atoms with van der Waals surface area (Å²) in [5.41, 5.74) is 3.27. The number of aliphatic hydroxyl groups is 1. The van der Waals surface area contributed by atoms with E-state index >= 15 is 0 Å². The maximum Gasteiger partial charge on any atom is 0.164 e. The first kappa shape index (κ1) is 27.9. The van der Waals surface area contributed by atoms with Gasteiger partial charge in [0.05, 0.1) is 5.41 Å². The zero-order chi connectivity index (χ0) is 29.2. The number of hydrogen-bond donors (Lipinski definition) is 2. The van der Waals surface area contributed by atoms with E-state index in [0.717, 1.165) is 33.5 Å². The third-order valence-corrected chi connectivity index (χ3v) is 8.45. The average Bonchev–Trinajstić information content (AvgIpc) is 3.39. The molecule has 1 aliphatic heterocycles. The molecule has 0 unspecified atom stereocenters. The number of ether oxygens (including phenoxy) is 2. The van der Waals surface area contributed by atoms with Crippen molar-refractivity contribution in [3.05, 3.63) is 173 Å². The molecule has 6 rings (SSSR count). The summed E-state index contributed by atoms with van der Waals surface area (Å²) in [5.74, 6) is -0.980. The molecule has 1 fully saturated rings. The Bertz CT molecular complexity index is 1510. The van der Waals surface area contributed by atoms with Gasteiger partial charge in [-0.2, -0.15) is 0 Å². The molecule has 0 bridgehead atoms. The van der Waals surface area contributed by atoms with E-state index in [1.165, 1.54) is 0 Å². The Morgan fingerprint density at radius 2 is 0.881 bits per heavy atom. The summed E-state index contributed by atoms with van der Waals surface area (Å²) in [6.07, 6.45) is -1.43. The molecule has 0 aliphatic carbocycles. The Morgan fingerprint density at radius 1 is 0.524 bits per heavy atom. The van der Waals surface area contributed by atoms with Gasteiger partial charge in [0.15, 0.2) is 5.79 Å². The quantitative estimate of drug-likeness (QED) is 0.195. The minimum Gasteiger partial charge on any atom is -0.388 e. The Hall–Kier alpha value is -4.22. The SMILES string of the molecule is CNc1ccc(C(c2ccccc2)(c2ccccc2)[C@@H]2OC(C)(C)O[C@H]2C(O)(c2ccccc2)c2ccccc2)cc1. The molecule has 4 nitrogen and oxygen atoms in total. The molecule has 1 saturated heterocycles. The monoisotopic (exact) mass is 555 g/mol. The molecule has 0 radical (unpaired) electrons. The normalized spacial score (nSPS) is 18.5. The Labute approximate surface area is 248 Å². The molecule has 1 heterocycles. The van der Waals surface area contributed by atoms with Crippen molar-refractivity contribution in [1.29, 1.82) is 0 Å². The van der Waals surface area contributed by atoms with Crippen molar-refractivity contribution in [2.45, 2.75) is 42.9 Å². The maximum absolute atomic E-state index is 13.1. The molecule has 212 valence electrons. The summed E-state index contributed by atoms with van der Waals surface area (Å²) in [5, 5.41) is 16.4. The second-order valence-corrected chi connectivity index (χ2v) is 11.3. The Morgan fingerprint density at radius 3 is 1.29 bits per heavy atom. The third-order valence-electron chi connectivity index (χ3n) is 8.45. The lowest BCUT2D eigenvalue weighted by Gasteiger charge is -2.46. The summed E-state index contributed by atoms with van der Waals surface area (Å²) in [4.78, 5) is 0. The van der Waals surface area contributed by atoms with Crippen LogP contribution in [-0.4, -0.2) is 30.1 Å². The molecule has 0 aromatic heterocycles. The standard InChI is InChI=1S/C38H37NO3/c1-36(2)41-34(35(42-36)38(40,31-20-12-6-13-21-31)32-22-14-7-15-23-32)37(28-16-8-4-9-17-28,29-18-10-5-11-19-29)30-24-26-33(39-3)27-25-30/h4-27,34-35,39-40H,1-3H3/t34-,35-/m1/s1. The first-order valence-electron chi connectivity index (χ1n) is 14.5. The molecule has 4 heteroatoms. The number of rotatable bonds is 8. The lowest BCUT2D eigenvalue weighted by molar-refractivity contribution is -0.166. The molecule has 0 saturated carbocycles. The van der Waals surface area contributed by atoms with Crippen LogP contribution in [0, 0.1) is 0 Å². The van der Waals surface area contributed by atoms with Gasteiger partial charge >= 0.3 is 0 Å². The predicted molar refractivity (Wildman–Crippen MR) is 168 cm³/mol. The van der Waals surface area contributed by atoms with Crippen molar-refractivity contribution in [1.82, 2.24) is 0 Å². The van der Waals surface area contributed by atoms with Crippen LogP contribution in [-0.2, 0) is 20.5 Å². The van der Waals surface area contributed by atoms with Gasteiger partial charge in [0, 0.05) is 12.7 Å². The Balaban J connectivity index is 1.69. The second-order valence-electron chi connectivity index (χ2n) is 11.3. The van der Waals surface area contributed by atoms with Crippen molar-refractivity contribution in [2.24, 2.45) is 0 Å². The van der Waals surface area contributed by atoms with E-state index in [4.69, 9.17) is 9.47 Å². The van der Waals surface area contributed by atoms with Crippen LogP contribution < -0.4 is 5.32 Å². The van der Waals surface area contributed by atoms with E-state index in [0.29, 0.717) is 0 Å². The van der Waals surface area contributed by atoms with Gasteiger partial charge in [0.25, 0.3) is 0 Å². The first-order valence-corrected chi connectivity index (χ1v) is 14.5. The van der Waals surface area contributed by atoms with Crippen LogP contribution in [0.3, 0.4) is 0 Å². The summed E-state index contributed by atoms with van der Waals surface area (Å²) >= 11 is 0. The zero-order valence-corrected chi connectivity index (χ0v) is 24.3. The van der Waals surface area contributed by atoms with E-state index in [1.807, 2.05) is 93.7 Å². The highest BCUT2D eigenvalue weighted by Crippen LogP contribution is 2.54. The van der Waals surface area contributed by atoms with Gasteiger partial charge in [-0.3, -0.25) is 0 Å². The minimum absolute atomic E-state index is 0.636. The zero-order valence-electron chi connectivity index (χ0n) is 24.3. The summed E-state index contributed by atoms with van der Waals surface area (Å²) in [6.45, 7) is 3.86. The molecular formula is C38H37NO3. The minimum atomic E-state index is -1.53. The molecule has 42 heavy (non-hydrogen) atoms. The van der Waals surface area contributed by atoms with E-state index < -0.39 is 29.0 Å². The highest BCUT2D eigenvalue weighted by molar-refractivity contribution is 5.57. The Kier molecular flexibility index (Phi) is 7.46. The van der Waals surface area contributed by atoms with Gasteiger partial charge < -0.3 is 19.9 Å². The topological polar surface area (TPSA) is 50.7 Å². The van der Waals surface area contributed by atoms with E-state index in [1.54, 1.807) is 0 Å². The summed E-state index contributed by atoms with van der Waals surface area (Å²) < 4.78 is 13.9. The smallest absolute Gasteiger partial charge is 0.164 e. The van der Waals surface area contributed by atoms with Crippen LogP contribution in [0.25, 0.3) is 0 Å². The van der Waals surface area contributed by atoms with Crippen LogP contribution in [0.2, 0.25) is 0 Å². The summed E-state index contributed by atoms with van der Waals surface area (Å²) in [6, 6.07) is 49.0. The van der Waals surface area contributed by atoms with Crippen molar-refractivity contribution in [3.8, 4) is 0 Å². The molecular weight excluding hydrogens is 518 g/mol. The lowest BCUT2D eigenvalue weighted by atomic mass is 9.62. The summed E-state index contributed by atoms with van der Waals surface area (Å²) in [7, 11) is 1.92. The maximum atomic E-state index is 13.1. The van der Waals surface area contributed by atoms with Gasteiger partial charge in [-0.25, -0.2) is 0 Å². The number of nitrogens with one attached hydrogen (secondary N) is 1. The molecule has 5 aromatic carbocycles. The van der Waals surface area contributed by atoms with E-state index in [-0.39, 0.29) is 0 Å². The van der Waals surface area contributed by atoms with Crippen LogP contribution in [0.15, 0.2) is 146 Å². The number of anilines is 1. The number of benzene rings is 5. The van der Waals surface area contributed by atoms with Gasteiger partial charge in [-0.15, -0.1) is 0 Å². The molecule has 5 aromatic rings.